The van der Waals surface area contributed by atoms with E-state index in [0.717, 1.165) is 17.4 Å². The largest absolute Gasteiger partial charge is 0.491 e. The molecule has 0 radical (unpaired) electrons. The van der Waals surface area contributed by atoms with Crippen LogP contribution in [0.1, 0.15) is 38.1 Å². The predicted octanol–water partition coefficient (Wildman–Crippen LogP) is 1.30. The zero-order chi connectivity index (χ0) is 22.0. The highest BCUT2D eigenvalue weighted by molar-refractivity contribution is 7.89. The Labute approximate surface area is 171 Å². The minimum Gasteiger partial charge on any atom is -0.423 e. The van der Waals surface area contributed by atoms with Gasteiger partial charge in [-0.1, -0.05) is 36.4 Å². The van der Waals surface area contributed by atoms with Gasteiger partial charge >= 0.3 is 7.12 Å². The molecule has 0 bridgehead atoms. The number of carbonyl (C=O) groups excluding carboxylic acids is 1. The molecule has 0 saturated heterocycles. The first-order valence-electron chi connectivity index (χ1n) is 9.00. The third-order valence-corrected chi connectivity index (χ3v) is 5.39. The van der Waals surface area contributed by atoms with E-state index < -0.39 is 34.3 Å². The summed E-state index contributed by atoms with van der Waals surface area (Å²) in [6.45, 7) is 6.63. The van der Waals surface area contributed by atoms with Crippen LogP contribution in [0, 0.1) is 0 Å². The van der Waals surface area contributed by atoms with E-state index in [4.69, 9.17) is 4.65 Å². The van der Waals surface area contributed by atoms with Gasteiger partial charge in [0.25, 0.3) is 5.91 Å². The number of hydrogen-bond donors (Lipinski definition) is 3. The SMILES string of the molecule is CC(C)(O)C(C)(C)OB(O)c1ccc(-c2ccc(C(=O)NS(C)(=O)=O)cc2)cc1. The lowest BCUT2D eigenvalue weighted by molar-refractivity contribution is -0.0982. The molecule has 0 heterocycles. The summed E-state index contributed by atoms with van der Waals surface area (Å²) >= 11 is 0. The molecule has 3 N–H and O–H groups in total. The van der Waals surface area contributed by atoms with Crippen molar-refractivity contribution in [1.82, 2.24) is 4.72 Å². The lowest BCUT2D eigenvalue weighted by Gasteiger charge is -2.38. The van der Waals surface area contributed by atoms with E-state index in [1.165, 1.54) is 12.1 Å². The molecule has 2 aromatic rings. The van der Waals surface area contributed by atoms with E-state index in [1.807, 2.05) is 4.72 Å². The van der Waals surface area contributed by atoms with Crippen LogP contribution in [0.15, 0.2) is 48.5 Å². The van der Waals surface area contributed by atoms with Gasteiger partial charge in [0.05, 0.1) is 17.5 Å². The molecule has 9 heteroatoms. The smallest absolute Gasteiger partial charge is 0.423 e. The van der Waals surface area contributed by atoms with Gasteiger partial charge in [-0.2, -0.15) is 0 Å². The van der Waals surface area contributed by atoms with Crippen molar-refractivity contribution in [3.8, 4) is 11.1 Å². The van der Waals surface area contributed by atoms with Gasteiger partial charge in [-0.15, -0.1) is 0 Å². The molecule has 0 aliphatic heterocycles. The minimum atomic E-state index is -3.62. The fourth-order valence-electron chi connectivity index (χ4n) is 2.37. The summed E-state index contributed by atoms with van der Waals surface area (Å²) in [5.74, 6) is -0.691. The van der Waals surface area contributed by atoms with Crippen LogP contribution in [0.3, 0.4) is 0 Å². The zero-order valence-electron chi connectivity index (χ0n) is 17.1. The third kappa shape index (κ3) is 6.14. The maximum atomic E-state index is 11.9. The summed E-state index contributed by atoms with van der Waals surface area (Å²) in [6.07, 6.45) is 0.918. The Morgan fingerprint density at radius 2 is 1.41 bits per heavy atom. The van der Waals surface area contributed by atoms with Crippen molar-refractivity contribution in [3.63, 3.8) is 0 Å². The summed E-state index contributed by atoms with van der Waals surface area (Å²) in [5.41, 5.74) is 0.327. The van der Waals surface area contributed by atoms with Crippen molar-refractivity contribution in [1.29, 1.82) is 0 Å². The maximum Gasteiger partial charge on any atom is 0.491 e. The number of carbonyl (C=O) groups is 1. The summed E-state index contributed by atoms with van der Waals surface area (Å²) < 4.78 is 29.9. The van der Waals surface area contributed by atoms with Crippen LogP contribution in [0.2, 0.25) is 0 Å². The fourth-order valence-corrected chi connectivity index (χ4v) is 2.83. The molecule has 1 amide bonds. The monoisotopic (exact) mass is 419 g/mol. The zero-order valence-corrected chi connectivity index (χ0v) is 17.9. The first-order valence-corrected chi connectivity index (χ1v) is 10.9. The van der Waals surface area contributed by atoms with E-state index >= 15 is 0 Å². The van der Waals surface area contributed by atoms with Crippen LogP contribution in [0.25, 0.3) is 11.1 Å². The van der Waals surface area contributed by atoms with Gasteiger partial charge in [0, 0.05) is 5.56 Å². The molecule has 2 aromatic carbocycles. The Kier molecular flexibility index (Phi) is 6.59. The van der Waals surface area contributed by atoms with Crippen molar-refractivity contribution in [3.05, 3.63) is 54.1 Å². The Morgan fingerprint density at radius 1 is 0.966 bits per heavy atom. The number of benzene rings is 2. The molecule has 0 atom stereocenters. The lowest BCUT2D eigenvalue weighted by Crippen LogP contribution is -2.53. The van der Waals surface area contributed by atoms with E-state index in [-0.39, 0.29) is 5.56 Å². The third-order valence-electron chi connectivity index (χ3n) is 4.83. The molecular formula is C20H26BNO6S. The summed E-state index contributed by atoms with van der Waals surface area (Å²) in [4.78, 5) is 11.9. The number of hydrogen-bond acceptors (Lipinski definition) is 6. The molecular weight excluding hydrogens is 393 g/mol. The average Bonchev–Trinajstić information content (AvgIpc) is 2.59. The van der Waals surface area contributed by atoms with Gasteiger partial charge < -0.3 is 14.8 Å². The van der Waals surface area contributed by atoms with Crippen LogP contribution < -0.4 is 10.2 Å². The number of sulfonamides is 1. The average molecular weight is 419 g/mol. The highest BCUT2D eigenvalue weighted by Gasteiger charge is 2.39. The summed E-state index contributed by atoms with van der Waals surface area (Å²) in [5, 5.41) is 20.5. The van der Waals surface area contributed by atoms with E-state index in [1.54, 1.807) is 64.1 Å². The van der Waals surface area contributed by atoms with E-state index in [2.05, 4.69) is 0 Å². The van der Waals surface area contributed by atoms with Crippen LogP contribution in [0.4, 0.5) is 0 Å². The van der Waals surface area contributed by atoms with E-state index in [9.17, 15) is 23.3 Å². The Morgan fingerprint density at radius 3 is 1.83 bits per heavy atom. The summed E-state index contributed by atoms with van der Waals surface area (Å²) in [7, 11) is -4.82. The quantitative estimate of drug-likeness (QED) is 0.583. The topological polar surface area (TPSA) is 113 Å². The fraction of sp³-hybridized carbons (Fsp3) is 0.350. The maximum absolute atomic E-state index is 11.9. The first kappa shape index (κ1) is 23.1. The van der Waals surface area contributed by atoms with Crippen LogP contribution in [0.5, 0.6) is 0 Å². The first-order chi connectivity index (χ1) is 13.2. The second-order valence-electron chi connectivity index (χ2n) is 7.94. The van der Waals surface area contributed by atoms with E-state index in [0.29, 0.717) is 5.46 Å². The molecule has 2 rings (SSSR count). The number of nitrogens with one attached hydrogen (secondary N) is 1. The minimum absolute atomic E-state index is 0.230. The van der Waals surface area contributed by atoms with Gasteiger partial charge in [0.1, 0.15) is 0 Å². The molecule has 0 aromatic heterocycles. The second kappa shape index (κ2) is 8.27. The van der Waals surface area contributed by atoms with Crippen molar-refractivity contribution < 1.29 is 28.0 Å². The summed E-state index contributed by atoms with van der Waals surface area (Å²) in [6, 6.07) is 13.5. The molecule has 0 spiro atoms. The second-order valence-corrected chi connectivity index (χ2v) is 9.69. The van der Waals surface area contributed by atoms with Gasteiger partial charge in [0.15, 0.2) is 0 Å². The lowest BCUT2D eigenvalue weighted by atomic mass is 9.76. The molecule has 0 aliphatic carbocycles. The van der Waals surface area contributed by atoms with Crippen LogP contribution in [-0.4, -0.2) is 49.0 Å². The normalized spacial score (nSPS) is 12.5. The van der Waals surface area contributed by atoms with Crippen LogP contribution >= 0.6 is 0 Å². The predicted molar refractivity (Wildman–Crippen MR) is 113 cm³/mol. The molecule has 0 unspecified atom stereocenters. The van der Waals surface area contributed by atoms with Crippen molar-refractivity contribution in [2.75, 3.05) is 6.26 Å². The number of aliphatic hydroxyl groups is 1. The van der Waals surface area contributed by atoms with Crippen molar-refractivity contribution >= 4 is 28.5 Å². The van der Waals surface area contributed by atoms with Gasteiger partial charge in [0.2, 0.25) is 10.0 Å². The van der Waals surface area contributed by atoms with Crippen molar-refractivity contribution in [2.45, 2.75) is 38.9 Å². The van der Waals surface area contributed by atoms with Gasteiger partial charge in [-0.25, -0.2) is 13.1 Å². The number of amides is 1. The van der Waals surface area contributed by atoms with Crippen molar-refractivity contribution in [2.24, 2.45) is 0 Å². The Hall–Kier alpha value is -2.20. The van der Waals surface area contributed by atoms with Gasteiger partial charge in [-0.3, -0.25) is 4.79 Å². The Bertz CT molecular complexity index is 964. The molecule has 0 fully saturated rings. The number of rotatable bonds is 7. The molecule has 29 heavy (non-hydrogen) atoms. The highest BCUT2D eigenvalue weighted by Crippen LogP contribution is 2.25. The molecule has 0 saturated carbocycles. The standard InChI is InChI=1S/C20H26BNO6S/c1-19(2,24)20(3,4)28-21(25)17-12-10-15(11-13-17)14-6-8-16(9-7-14)18(23)22-29(5,26)27/h6-13,24-25H,1-5H3,(H,22,23). The molecule has 0 aliphatic rings. The van der Waals surface area contributed by atoms with Crippen LogP contribution in [-0.2, 0) is 14.7 Å². The van der Waals surface area contributed by atoms with Gasteiger partial charge in [-0.05, 0) is 56.4 Å². The highest BCUT2D eigenvalue weighted by atomic mass is 32.2. The molecule has 156 valence electrons. The Balaban J connectivity index is 2.13. The molecule has 7 nitrogen and oxygen atoms in total.